The van der Waals surface area contributed by atoms with E-state index in [9.17, 15) is 17.6 Å². The fraction of sp³-hybridized carbons (Fsp3) is 0.0833. The van der Waals surface area contributed by atoms with Crippen LogP contribution in [0.1, 0.15) is 6.55 Å². The van der Waals surface area contributed by atoms with E-state index in [1.54, 1.807) is 0 Å². The lowest BCUT2D eigenvalue weighted by atomic mass is 10.1. The molecule has 0 fully saturated rings. The number of benzene rings is 1. The average Bonchev–Trinajstić information content (AvgIpc) is 2.81. The van der Waals surface area contributed by atoms with Crippen LogP contribution in [-0.2, 0) is 0 Å². The molecule has 0 atom stereocenters. The van der Waals surface area contributed by atoms with Crippen LogP contribution >= 0.6 is 0 Å². The Kier molecular flexibility index (Phi) is 2.85. The molecule has 0 aliphatic heterocycles. The van der Waals surface area contributed by atoms with Gasteiger partial charge >= 0.3 is 6.55 Å². The summed E-state index contributed by atoms with van der Waals surface area (Å²) in [6, 6.07) is 2.99. The van der Waals surface area contributed by atoms with Gasteiger partial charge in [-0.25, -0.2) is 18.7 Å². The van der Waals surface area contributed by atoms with Gasteiger partial charge in [-0.15, -0.1) is 0 Å². The number of hydrogen-bond acceptors (Lipinski definition) is 3. The number of aromatic nitrogens is 4. The molecular formula is C12H6F4N4. The van der Waals surface area contributed by atoms with Gasteiger partial charge < -0.3 is 0 Å². The van der Waals surface area contributed by atoms with E-state index >= 15 is 0 Å². The predicted molar refractivity (Wildman–Crippen MR) is 61.9 cm³/mol. The highest BCUT2D eigenvalue weighted by atomic mass is 19.3. The van der Waals surface area contributed by atoms with E-state index in [0.29, 0.717) is 10.7 Å². The van der Waals surface area contributed by atoms with Gasteiger partial charge in [-0.2, -0.15) is 18.6 Å². The molecule has 2 aromatic heterocycles. The first-order valence-corrected chi connectivity index (χ1v) is 5.50. The molecule has 0 aliphatic rings. The van der Waals surface area contributed by atoms with Crippen LogP contribution < -0.4 is 0 Å². The van der Waals surface area contributed by atoms with Gasteiger partial charge in [0, 0.05) is 11.6 Å². The summed E-state index contributed by atoms with van der Waals surface area (Å²) in [5.41, 5.74) is 0.146. The fourth-order valence-electron chi connectivity index (χ4n) is 1.80. The largest absolute Gasteiger partial charge is 0.335 e. The number of rotatable bonds is 2. The van der Waals surface area contributed by atoms with Gasteiger partial charge in [0.05, 0.1) is 18.1 Å². The maximum Gasteiger partial charge on any atom is 0.335 e. The van der Waals surface area contributed by atoms with Crippen molar-refractivity contribution in [3.8, 4) is 11.3 Å². The molecule has 0 saturated heterocycles. The third kappa shape index (κ3) is 1.98. The average molecular weight is 282 g/mol. The van der Waals surface area contributed by atoms with Crippen LogP contribution in [0.3, 0.4) is 0 Å². The van der Waals surface area contributed by atoms with Crippen molar-refractivity contribution in [3.05, 3.63) is 42.2 Å². The summed E-state index contributed by atoms with van der Waals surface area (Å²) in [7, 11) is 0. The molecule has 0 saturated carbocycles. The van der Waals surface area contributed by atoms with E-state index in [2.05, 4.69) is 15.1 Å². The Hall–Kier alpha value is -2.51. The second-order valence-corrected chi connectivity index (χ2v) is 3.96. The van der Waals surface area contributed by atoms with Crippen molar-refractivity contribution in [1.29, 1.82) is 0 Å². The lowest BCUT2D eigenvalue weighted by Crippen LogP contribution is -2.01. The van der Waals surface area contributed by atoms with Crippen molar-refractivity contribution >= 4 is 11.2 Å². The first kappa shape index (κ1) is 12.5. The molecule has 2 heterocycles. The zero-order valence-electron chi connectivity index (χ0n) is 9.76. The molecule has 0 radical (unpaired) electrons. The molecule has 0 amide bonds. The Morgan fingerprint density at radius 2 is 1.90 bits per heavy atom. The van der Waals surface area contributed by atoms with E-state index in [1.807, 2.05) is 0 Å². The van der Waals surface area contributed by atoms with Crippen molar-refractivity contribution in [2.24, 2.45) is 0 Å². The van der Waals surface area contributed by atoms with E-state index in [4.69, 9.17) is 0 Å². The third-order valence-electron chi connectivity index (χ3n) is 2.69. The van der Waals surface area contributed by atoms with Crippen molar-refractivity contribution in [2.45, 2.75) is 6.55 Å². The lowest BCUT2D eigenvalue weighted by Gasteiger charge is -2.03. The highest BCUT2D eigenvalue weighted by molar-refractivity contribution is 5.73. The minimum atomic E-state index is -2.84. The number of hydrogen-bond donors (Lipinski definition) is 0. The van der Waals surface area contributed by atoms with Crippen molar-refractivity contribution in [1.82, 2.24) is 19.7 Å². The SMILES string of the molecule is Fc1ccc(-c2cnc3c(cnn3C(F)F)n2)c(F)c1. The van der Waals surface area contributed by atoms with Gasteiger partial charge in [-0.05, 0) is 12.1 Å². The van der Waals surface area contributed by atoms with E-state index < -0.39 is 18.2 Å². The van der Waals surface area contributed by atoms with Crippen LogP contribution in [0, 0.1) is 11.6 Å². The summed E-state index contributed by atoms with van der Waals surface area (Å²) in [5.74, 6) is -1.52. The number of fused-ring (bicyclic) bond motifs is 1. The molecule has 102 valence electrons. The van der Waals surface area contributed by atoms with Crippen molar-refractivity contribution < 1.29 is 17.6 Å². The highest BCUT2D eigenvalue weighted by Gasteiger charge is 2.15. The quantitative estimate of drug-likeness (QED) is 0.678. The second-order valence-electron chi connectivity index (χ2n) is 3.96. The molecule has 8 heteroatoms. The highest BCUT2D eigenvalue weighted by Crippen LogP contribution is 2.24. The van der Waals surface area contributed by atoms with Crippen LogP contribution in [0.15, 0.2) is 30.6 Å². The molecule has 0 spiro atoms. The molecule has 0 aliphatic carbocycles. The zero-order valence-corrected chi connectivity index (χ0v) is 9.76. The van der Waals surface area contributed by atoms with E-state index in [1.165, 1.54) is 6.07 Å². The lowest BCUT2D eigenvalue weighted by molar-refractivity contribution is 0.0608. The molecule has 4 nitrogen and oxygen atoms in total. The Labute approximate surface area is 109 Å². The first-order chi connectivity index (χ1) is 9.56. The molecule has 0 N–H and O–H groups in total. The minimum Gasteiger partial charge on any atom is -0.241 e. The maximum absolute atomic E-state index is 13.6. The standard InChI is InChI=1S/C12H6F4N4/c13-6-1-2-7(8(14)3-6)9-4-17-11-10(19-9)5-18-20(11)12(15)16/h1-5,12H. The van der Waals surface area contributed by atoms with Crippen LogP contribution in [0.5, 0.6) is 0 Å². The van der Waals surface area contributed by atoms with Crippen LogP contribution in [0.4, 0.5) is 17.6 Å². The van der Waals surface area contributed by atoms with Crippen LogP contribution in [0.25, 0.3) is 22.4 Å². The summed E-state index contributed by atoms with van der Waals surface area (Å²) in [6.45, 7) is -2.84. The Morgan fingerprint density at radius 3 is 2.60 bits per heavy atom. The molecule has 3 aromatic rings. The monoisotopic (exact) mass is 282 g/mol. The fourth-order valence-corrected chi connectivity index (χ4v) is 1.80. The third-order valence-corrected chi connectivity index (χ3v) is 2.69. The van der Waals surface area contributed by atoms with Gasteiger partial charge in [0.15, 0.2) is 5.65 Å². The summed E-state index contributed by atoms with van der Waals surface area (Å²) in [4.78, 5) is 7.80. The van der Waals surface area contributed by atoms with Crippen molar-refractivity contribution in [3.63, 3.8) is 0 Å². The predicted octanol–water partition coefficient (Wildman–Crippen LogP) is 3.17. The van der Waals surface area contributed by atoms with Gasteiger partial charge in [-0.3, -0.25) is 0 Å². The molecule has 0 bridgehead atoms. The number of alkyl halides is 2. The smallest absolute Gasteiger partial charge is 0.241 e. The van der Waals surface area contributed by atoms with E-state index in [-0.39, 0.29) is 22.4 Å². The van der Waals surface area contributed by atoms with Crippen LogP contribution in [-0.4, -0.2) is 19.7 Å². The molecular weight excluding hydrogens is 276 g/mol. The summed E-state index contributed by atoms with van der Waals surface area (Å²) >= 11 is 0. The normalized spacial score (nSPS) is 11.4. The molecule has 20 heavy (non-hydrogen) atoms. The van der Waals surface area contributed by atoms with Gasteiger partial charge in [0.25, 0.3) is 0 Å². The molecule has 0 unspecified atom stereocenters. The summed E-state index contributed by atoms with van der Waals surface area (Å²) < 4.78 is 52.1. The zero-order chi connectivity index (χ0) is 14.3. The topological polar surface area (TPSA) is 43.6 Å². The first-order valence-electron chi connectivity index (χ1n) is 5.50. The van der Waals surface area contributed by atoms with Gasteiger partial charge in [-0.1, -0.05) is 0 Å². The number of nitrogens with zero attached hydrogens (tertiary/aromatic N) is 4. The van der Waals surface area contributed by atoms with Gasteiger partial charge in [0.1, 0.15) is 17.2 Å². The summed E-state index contributed by atoms with van der Waals surface area (Å²) in [6.07, 6.45) is 2.25. The van der Waals surface area contributed by atoms with E-state index in [0.717, 1.165) is 18.5 Å². The Morgan fingerprint density at radius 1 is 1.10 bits per heavy atom. The second kappa shape index (κ2) is 4.55. The Balaban J connectivity index is 2.14. The Bertz CT molecular complexity index is 784. The van der Waals surface area contributed by atoms with Crippen molar-refractivity contribution in [2.75, 3.05) is 0 Å². The molecule has 1 aromatic carbocycles. The van der Waals surface area contributed by atoms with Crippen LogP contribution in [0.2, 0.25) is 0 Å². The van der Waals surface area contributed by atoms with Gasteiger partial charge in [0.2, 0.25) is 0 Å². The maximum atomic E-state index is 13.6. The molecule has 3 rings (SSSR count). The minimum absolute atomic E-state index is 0.0330. The number of halogens is 4. The summed E-state index contributed by atoms with van der Waals surface area (Å²) in [5, 5.41) is 3.45.